The van der Waals surface area contributed by atoms with Gasteiger partial charge in [0.05, 0.1) is 11.7 Å². The molecule has 164 valence electrons. The predicted molar refractivity (Wildman–Crippen MR) is 125 cm³/mol. The Bertz CT molecular complexity index is 972. The van der Waals surface area contributed by atoms with E-state index in [0.717, 1.165) is 67.6 Å². The van der Waals surface area contributed by atoms with E-state index in [1.54, 1.807) is 0 Å². The van der Waals surface area contributed by atoms with Gasteiger partial charge < -0.3 is 9.80 Å². The highest BCUT2D eigenvalue weighted by molar-refractivity contribution is 6.04. The summed E-state index contributed by atoms with van der Waals surface area (Å²) in [5.41, 5.74) is 3.05. The Morgan fingerprint density at radius 2 is 1.84 bits per heavy atom. The summed E-state index contributed by atoms with van der Waals surface area (Å²) in [5.74, 6) is 3.04. The third kappa shape index (κ3) is 3.93. The molecule has 7 heteroatoms. The predicted octanol–water partition coefficient (Wildman–Crippen LogP) is 4.35. The molecule has 31 heavy (non-hydrogen) atoms. The maximum Gasteiger partial charge on any atom is 0.329 e. The fourth-order valence-corrected chi connectivity index (χ4v) is 5.32. The van der Waals surface area contributed by atoms with Crippen LogP contribution < -0.4 is 20.0 Å². The molecule has 3 aliphatic rings. The lowest BCUT2D eigenvalue weighted by molar-refractivity contribution is 0.252. The van der Waals surface area contributed by atoms with E-state index in [2.05, 4.69) is 39.2 Å². The number of aromatic nitrogens is 2. The van der Waals surface area contributed by atoms with E-state index in [1.165, 1.54) is 12.8 Å². The normalized spacial score (nSPS) is 22.9. The lowest BCUT2D eigenvalue weighted by Crippen LogP contribution is -2.56. The molecule has 0 spiro atoms. The molecule has 2 saturated heterocycles. The number of hydrogen-bond donors (Lipinski definition) is 1. The molecule has 1 N–H and O–H groups in total. The van der Waals surface area contributed by atoms with E-state index in [1.807, 2.05) is 30.9 Å². The highest BCUT2D eigenvalue weighted by Crippen LogP contribution is 2.39. The lowest BCUT2D eigenvalue weighted by Gasteiger charge is -2.46. The Hall–Kier alpha value is -2.83. The molecule has 2 aromatic rings. The second kappa shape index (κ2) is 8.02. The minimum absolute atomic E-state index is 0.134. The molecule has 0 aliphatic carbocycles. The second-order valence-corrected chi connectivity index (χ2v) is 9.42. The number of aryl methyl sites for hydroxylation is 2. The summed E-state index contributed by atoms with van der Waals surface area (Å²) in [5, 5.41) is 3.05. The number of nitrogens with one attached hydrogen (secondary N) is 1. The van der Waals surface area contributed by atoms with Crippen molar-refractivity contribution in [1.82, 2.24) is 9.97 Å². The van der Waals surface area contributed by atoms with Crippen LogP contribution in [0.4, 0.5) is 27.9 Å². The monoisotopic (exact) mass is 420 g/mol. The molecule has 0 aromatic carbocycles. The van der Waals surface area contributed by atoms with Crippen molar-refractivity contribution in [2.24, 2.45) is 5.92 Å². The minimum atomic E-state index is -0.137. The fraction of sp³-hybridized carbons (Fsp3) is 0.542. The van der Waals surface area contributed by atoms with Crippen LogP contribution in [0.25, 0.3) is 0 Å². The van der Waals surface area contributed by atoms with E-state index in [9.17, 15) is 4.79 Å². The summed E-state index contributed by atoms with van der Waals surface area (Å²) < 4.78 is 0. The summed E-state index contributed by atoms with van der Waals surface area (Å²) in [4.78, 5) is 29.7. The average Bonchev–Trinajstić information content (AvgIpc) is 2.73. The highest BCUT2D eigenvalue weighted by atomic mass is 16.2. The first-order chi connectivity index (χ1) is 15.0. The molecule has 1 unspecified atom stereocenters. The maximum absolute atomic E-state index is 13.5. The first-order valence-corrected chi connectivity index (χ1v) is 11.5. The second-order valence-electron chi connectivity index (χ2n) is 9.42. The Labute approximate surface area is 184 Å². The standard InChI is InChI=1S/C24H32N6O/c1-16-6-4-11-29(14-16)22-9-8-20-23(27-22)30(19-7-5-10-28(20)15-19)24(31)26-21-13-17(2)12-18(3)25-21/h8-9,12-13,16,19H,4-7,10-11,14-15H2,1-3H3,(H,25,26,31)/t16?,19-/m1/s1. The summed E-state index contributed by atoms with van der Waals surface area (Å²) in [6.07, 6.45) is 4.55. The smallest absolute Gasteiger partial charge is 0.329 e. The maximum atomic E-state index is 13.5. The van der Waals surface area contributed by atoms with Gasteiger partial charge in [0.1, 0.15) is 11.6 Å². The quantitative estimate of drug-likeness (QED) is 0.782. The van der Waals surface area contributed by atoms with E-state index >= 15 is 0 Å². The SMILES string of the molecule is Cc1cc(C)nc(NC(=O)N2c3nc(N4CCCC(C)C4)ccc3N3CCC[C@@H]2C3)c1. The first kappa shape index (κ1) is 20.1. The lowest BCUT2D eigenvalue weighted by atomic mass is 9.99. The van der Waals surface area contributed by atoms with Gasteiger partial charge in [0.25, 0.3) is 0 Å². The van der Waals surface area contributed by atoms with Crippen molar-refractivity contribution in [3.63, 3.8) is 0 Å². The number of carbonyl (C=O) groups is 1. The molecule has 2 aromatic heterocycles. The summed E-state index contributed by atoms with van der Waals surface area (Å²) in [6.45, 7) is 10.2. The number of pyridine rings is 2. The number of rotatable bonds is 2. The molecule has 2 bridgehead atoms. The number of nitrogens with zero attached hydrogens (tertiary/aromatic N) is 5. The van der Waals surface area contributed by atoms with Gasteiger partial charge in [-0.25, -0.2) is 14.8 Å². The Kier molecular flexibility index (Phi) is 5.20. The molecule has 7 nitrogen and oxygen atoms in total. The summed E-state index contributed by atoms with van der Waals surface area (Å²) >= 11 is 0. The largest absolute Gasteiger partial charge is 0.366 e. The third-order valence-electron chi connectivity index (χ3n) is 6.70. The Morgan fingerprint density at radius 1 is 1.03 bits per heavy atom. The fourth-order valence-electron chi connectivity index (χ4n) is 5.32. The molecule has 2 atom stereocenters. The zero-order chi connectivity index (χ0) is 21.5. The van der Waals surface area contributed by atoms with Gasteiger partial charge in [-0.1, -0.05) is 6.92 Å². The van der Waals surface area contributed by atoms with Gasteiger partial charge in [-0.15, -0.1) is 0 Å². The van der Waals surface area contributed by atoms with Crippen molar-refractivity contribution in [1.29, 1.82) is 0 Å². The number of piperidine rings is 2. The van der Waals surface area contributed by atoms with Gasteiger partial charge >= 0.3 is 6.03 Å². The van der Waals surface area contributed by atoms with Crippen molar-refractivity contribution in [3.05, 3.63) is 35.5 Å². The van der Waals surface area contributed by atoms with Crippen LogP contribution in [0.2, 0.25) is 0 Å². The molecular formula is C24H32N6O. The van der Waals surface area contributed by atoms with Crippen LogP contribution in [0.15, 0.2) is 24.3 Å². The van der Waals surface area contributed by atoms with Crippen molar-refractivity contribution >= 4 is 29.2 Å². The average molecular weight is 421 g/mol. The molecule has 2 fully saturated rings. The summed E-state index contributed by atoms with van der Waals surface area (Å²) in [7, 11) is 0. The molecule has 3 aliphatic heterocycles. The highest BCUT2D eigenvalue weighted by Gasteiger charge is 2.38. The van der Waals surface area contributed by atoms with Crippen molar-refractivity contribution in [2.75, 3.05) is 46.2 Å². The van der Waals surface area contributed by atoms with Crippen LogP contribution in [-0.2, 0) is 0 Å². The van der Waals surface area contributed by atoms with Gasteiger partial charge in [0.2, 0.25) is 0 Å². The van der Waals surface area contributed by atoms with Crippen LogP contribution in [0.5, 0.6) is 0 Å². The van der Waals surface area contributed by atoms with Crippen LogP contribution in [-0.4, -0.2) is 48.2 Å². The molecule has 5 rings (SSSR count). The topological polar surface area (TPSA) is 64.6 Å². The zero-order valence-corrected chi connectivity index (χ0v) is 18.8. The van der Waals surface area contributed by atoms with Crippen LogP contribution >= 0.6 is 0 Å². The molecule has 2 amide bonds. The zero-order valence-electron chi connectivity index (χ0n) is 18.8. The van der Waals surface area contributed by atoms with Crippen molar-refractivity contribution in [2.45, 2.75) is 52.5 Å². The number of hydrogen-bond acceptors (Lipinski definition) is 5. The van der Waals surface area contributed by atoms with E-state index < -0.39 is 0 Å². The number of carbonyl (C=O) groups excluding carboxylic acids is 1. The first-order valence-electron chi connectivity index (χ1n) is 11.5. The molecule has 5 heterocycles. The van der Waals surface area contributed by atoms with Crippen LogP contribution in [0.1, 0.15) is 43.9 Å². The van der Waals surface area contributed by atoms with Gasteiger partial charge in [0, 0.05) is 31.9 Å². The van der Waals surface area contributed by atoms with E-state index in [0.29, 0.717) is 11.7 Å². The van der Waals surface area contributed by atoms with E-state index in [4.69, 9.17) is 4.98 Å². The van der Waals surface area contributed by atoms with Crippen LogP contribution in [0.3, 0.4) is 0 Å². The van der Waals surface area contributed by atoms with Crippen molar-refractivity contribution < 1.29 is 4.79 Å². The Balaban J connectivity index is 1.49. The van der Waals surface area contributed by atoms with E-state index in [-0.39, 0.29) is 12.1 Å². The molecule has 0 radical (unpaired) electrons. The van der Waals surface area contributed by atoms with Gasteiger partial charge in [-0.05, 0) is 75.3 Å². The number of amides is 2. The van der Waals surface area contributed by atoms with Crippen molar-refractivity contribution in [3.8, 4) is 0 Å². The Morgan fingerprint density at radius 3 is 2.65 bits per heavy atom. The van der Waals surface area contributed by atoms with Gasteiger partial charge in [0.15, 0.2) is 5.82 Å². The van der Waals surface area contributed by atoms with Crippen LogP contribution in [0, 0.1) is 19.8 Å². The number of urea groups is 1. The minimum Gasteiger partial charge on any atom is -0.366 e. The molecule has 0 saturated carbocycles. The summed E-state index contributed by atoms with van der Waals surface area (Å²) in [6, 6.07) is 8.22. The van der Waals surface area contributed by atoms with Gasteiger partial charge in [-0.2, -0.15) is 0 Å². The number of fused-ring (bicyclic) bond motifs is 4. The number of anilines is 4. The molecular weight excluding hydrogens is 388 g/mol. The van der Waals surface area contributed by atoms with Gasteiger partial charge in [-0.3, -0.25) is 10.2 Å². The third-order valence-corrected chi connectivity index (χ3v) is 6.70.